The molecule has 0 radical (unpaired) electrons. The lowest BCUT2D eigenvalue weighted by Gasteiger charge is -2.27. The van der Waals surface area contributed by atoms with Crippen LogP contribution >= 0.6 is 15.9 Å². The van der Waals surface area contributed by atoms with E-state index in [-0.39, 0.29) is 35.6 Å². The van der Waals surface area contributed by atoms with Gasteiger partial charge in [-0.2, -0.15) is 5.10 Å². The smallest absolute Gasteiger partial charge is 0.248 e. The summed E-state index contributed by atoms with van der Waals surface area (Å²) < 4.78 is 2.30. The molecule has 256 valence electrons. The van der Waals surface area contributed by atoms with E-state index in [1.54, 1.807) is 17.1 Å². The van der Waals surface area contributed by atoms with Crippen LogP contribution in [0.3, 0.4) is 0 Å². The van der Waals surface area contributed by atoms with Gasteiger partial charge in [-0.05, 0) is 110 Å². The van der Waals surface area contributed by atoms with Gasteiger partial charge >= 0.3 is 0 Å². The van der Waals surface area contributed by atoms with Crippen molar-refractivity contribution >= 4 is 50.2 Å². The van der Waals surface area contributed by atoms with Crippen LogP contribution < -0.4 is 5.32 Å². The molecule has 5 heterocycles. The van der Waals surface area contributed by atoms with Gasteiger partial charge in [0.05, 0.1) is 5.52 Å². The van der Waals surface area contributed by atoms with Gasteiger partial charge in [0, 0.05) is 48.3 Å². The molecule has 2 aliphatic heterocycles. The third-order valence-electron chi connectivity index (χ3n) is 10.5. The van der Waals surface area contributed by atoms with Gasteiger partial charge in [-0.25, -0.2) is 15.0 Å². The maximum atomic E-state index is 14.5. The van der Waals surface area contributed by atoms with Gasteiger partial charge in [0.25, 0.3) is 0 Å². The minimum absolute atomic E-state index is 0.0350. The van der Waals surface area contributed by atoms with Gasteiger partial charge in [0.2, 0.25) is 11.8 Å². The number of aryl methyl sites for hydroxylation is 3. The summed E-state index contributed by atoms with van der Waals surface area (Å²) in [6.07, 6.45) is 11.5. The number of amides is 2. The van der Waals surface area contributed by atoms with Crippen molar-refractivity contribution < 1.29 is 14.4 Å². The highest BCUT2D eigenvalue weighted by molar-refractivity contribution is 9.10. The Bertz CT molecular complexity index is 1940. The Hall–Kier alpha value is -4.03. The summed E-state index contributed by atoms with van der Waals surface area (Å²) in [5.74, 6) is 0.660. The van der Waals surface area contributed by atoms with Crippen molar-refractivity contribution in [3.63, 3.8) is 0 Å². The Kier molecular flexibility index (Phi) is 9.12. The summed E-state index contributed by atoms with van der Waals surface area (Å²) in [7, 11) is 2.16. The van der Waals surface area contributed by atoms with Gasteiger partial charge in [-0.1, -0.05) is 25.3 Å². The van der Waals surface area contributed by atoms with E-state index in [0.29, 0.717) is 33.7 Å². The number of piperidine rings is 1. The molecule has 2 amide bonds. The number of hydrogen-bond acceptors (Lipinski definition) is 8. The molecule has 1 N–H and O–H groups in total. The van der Waals surface area contributed by atoms with Crippen molar-refractivity contribution in [2.45, 2.75) is 90.8 Å². The molecule has 1 saturated carbocycles. The van der Waals surface area contributed by atoms with E-state index in [1.807, 2.05) is 43.0 Å². The third kappa shape index (κ3) is 6.64. The number of carbonyl (C=O) groups excluding carboxylic acids is 3. The summed E-state index contributed by atoms with van der Waals surface area (Å²) in [5, 5.41) is 8.50. The van der Waals surface area contributed by atoms with Crippen LogP contribution in [-0.4, -0.2) is 84.4 Å². The first kappa shape index (κ1) is 33.5. The molecule has 3 aromatic heterocycles. The molecule has 3 aliphatic rings. The molecule has 49 heavy (non-hydrogen) atoms. The fraction of sp³-hybridized carbons (Fsp3) is 0.486. The largest absolute Gasteiger partial charge is 0.325 e. The van der Waals surface area contributed by atoms with E-state index in [0.717, 1.165) is 73.0 Å². The van der Waals surface area contributed by atoms with E-state index in [1.165, 1.54) is 19.8 Å². The second-order valence-corrected chi connectivity index (χ2v) is 15.1. The van der Waals surface area contributed by atoms with Crippen molar-refractivity contribution in [3.05, 3.63) is 63.9 Å². The quantitative estimate of drug-likeness (QED) is 0.203. The molecule has 4 aromatic rings. The Balaban J connectivity index is 1.22. The van der Waals surface area contributed by atoms with Crippen LogP contribution in [0, 0.1) is 19.3 Å². The fourth-order valence-electron chi connectivity index (χ4n) is 8.08. The lowest BCUT2D eigenvalue weighted by Crippen LogP contribution is -2.47. The molecule has 1 spiro atoms. The molecule has 1 aliphatic carbocycles. The first-order valence-corrected chi connectivity index (χ1v) is 18.1. The highest BCUT2D eigenvalue weighted by atomic mass is 79.9. The number of nitrogens with zero attached hydrogens (tertiary/aromatic N) is 7. The average molecular weight is 728 g/mol. The van der Waals surface area contributed by atoms with Crippen LogP contribution in [0.2, 0.25) is 0 Å². The Morgan fingerprint density at radius 2 is 1.78 bits per heavy atom. The van der Waals surface area contributed by atoms with Crippen molar-refractivity contribution in [1.29, 1.82) is 0 Å². The number of carbonyl (C=O) groups is 3. The minimum atomic E-state index is -0.635. The van der Waals surface area contributed by atoms with Crippen LogP contribution in [0.25, 0.3) is 22.0 Å². The number of nitrogens with one attached hydrogen (secondary N) is 1. The highest BCUT2D eigenvalue weighted by Gasteiger charge is 2.67. The van der Waals surface area contributed by atoms with Gasteiger partial charge < -0.3 is 15.1 Å². The Morgan fingerprint density at radius 3 is 2.55 bits per heavy atom. The summed E-state index contributed by atoms with van der Waals surface area (Å²) in [6, 6.07) is 7.20. The number of anilines is 1. The number of ketones is 1. The summed E-state index contributed by atoms with van der Waals surface area (Å²) in [4.78, 5) is 59.0. The zero-order valence-electron chi connectivity index (χ0n) is 28.6. The van der Waals surface area contributed by atoms with Crippen LogP contribution in [0.1, 0.15) is 79.3 Å². The monoisotopic (exact) mass is 726 g/mol. The van der Waals surface area contributed by atoms with E-state index in [9.17, 15) is 14.4 Å². The average Bonchev–Trinajstić information content (AvgIpc) is 3.44. The van der Waals surface area contributed by atoms with Crippen LogP contribution in [-0.2, 0) is 22.6 Å². The normalized spacial score (nSPS) is 23.2. The number of hydrogen-bond donors (Lipinski definition) is 1. The second-order valence-electron chi connectivity index (χ2n) is 14.3. The number of rotatable bonds is 4. The lowest BCUT2D eigenvalue weighted by molar-refractivity contribution is -0.138. The molecule has 12 heteroatoms. The van der Waals surface area contributed by atoms with Crippen LogP contribution in [0.4, 0.5) is 5.82 Å². The molecule has 2 fully saturated rings. The standard InChI is InChI=1S/C37H43BrN8O3/c1-22-14-26(27-18-39-24(3)40-19-27)15-28-33(23(2)47)43-45(34(22)28)20-32(48)46-29-16-37(17-30(37)46)21-44(4)13-9-7-5-6-8-10-25-11-12-31(38)41-35(25)42-36(29)49/h11-12,14-15,18-19,29-30H,5-10,13,16-17,20-21H2,1-4H3,(H,41,42,49)/t29-,30?,37-/m0/s1. The fourth-order valence-corrected chi connectivity index (χ4v) is 8.39. The molecule has 2 bridgehead atoms. The third-order valence-corrected chi connectivity index (χ3v) is 11.0. The number of likely N-dealkylation sites (tertiary alicyclic amines) is 1. The topological polar surface area (TPSA) is 126 Å². The minimum Gasteiger partial charge on any atom is -0.325 e. The zero-order chi connectivity index (χ0) is 34.4. The predicted octanol–water partition coefficient (Wildman–Crippen LogP) is 5.91. The van der Waals surface area contributed by atoms with Crippen molar-refractivity contribution in [1.82, 2.24) is 34.5 Å². The SMILES string of the molecule is CC(=O)c1nn(CC(=O)N2C3C[C@]34C[C@H]2C(=O)Nc2nc(Br)ccc2CCCCCCCN(C)C4)c2c(C)cc(-c3cnc(C)nc3)cc12. The first-order chi connectivity index (χ1) is 23.5. The van der Waals surface area contributed by atoms with E-state index in [4.69, 9.17) is 5.10 Å². The number of fused-ring (bicyclic) bond motifs is 3. The van der Waals surface area contributed by atoms with Gasteiger partial charge in [-0.3, -0.25) is 19.1 Å². The van der Waals surface area contributed by atoms with Gasteiger partial charge in [-0.15, -0.1) is 0 Å². The van der Waals surface area contributed by atoms with E-state index >= 15 is 0 Å². The maximum absolute atomic E-state index is 14.5. The number of aromatic nitrogens is 5. The number of benzene rings is 1. The molecule has 1 aromatic carbocycles. The van der Waals surface area contributed by atoms with Gasteiger partial charge in [0.15, 0.2) is 5.78 Å². The van der Waals surface area contributed by atoms with E-state index < -0.39 is 6.04 Å². The van der Waals surface area contributed by atoms with E-state index in [2.05, 4.69) is 48.1 Å². The molecule has 1 unspecified atom stereocenters. The second kappa shape index (κ2) is 13.4. The summed E-state index contributed by atoms with van der Waals surface area (Å²) in [5.41, 5.74) is 4.50. The zero-order valence-corrected chi connectivity index (χ0v) is 30.2. The maximum Gasteiger partial charge on any atom is 0.248 e. The van der Waals surface area contributed by atoms with Crippen molar-refractivity contribution in [2.24, 2.45) is 5.41 Å². The predicted molar refractivity (Wildman–Crippen MR) is 191 cm³/mol. The van der Waals surface area contributed by atoms with Crippen LogP contribution in [0.5, 0.6) is 0 Å². The number of pyridine rings is 1. The van der Waals surface area contributed by atoms with Crippen LogP contribution in [0.15, 0.2) is 41.3 Å². The molecular formula is C37H43BrN8O3. The van der Waals surface area contributed by atoms with Crippen molar-refractivity contribution in [3.8, 4) is 11.1 Å². The Morgan fingerprint density at radius 1 is 1.02 bits per heavy atom. The molecule has 7 rings (SSSR count). The van der Waals surface area contributed by atoms with Gasteiger partial charge in [0.1, 0.15) is 34.5 Å². The number of Topliss-reactive ketones (excluding diaryl/α,β-unsaturated/α-hetero) is 1. The van der Waals surface area contributed by atoms with Crippen molar-refractivity contribution in [2.75, 3.05) is 25.5 Å². The summed E-state index contributed by atoms with van der Waals surface area (Å²) >= 11 is 3.48. The molecule has 3 atom stereocenters. The first-order valence-electron chi connectivity index (χ1n) is 17.3. The highest BCUT2D eigenvalue weighted by Crippen LogP contribution is 2.60. The molecular weight excluding hydrogens is 684 g/mol. The molecule has 11 nitrogen and oxygen atoms in total. The molecule has 1 saturated heterocycles. The number of halogens is 1. The lowest BCUT2D eigenvalue weighted by atomic mass is 9.98. The summed E-state index contributed by atoms with van der Waals surface area (Å²) in [6.45, 7) is 7.05. The Labute approximate surface area is 295 Å².